The fourth-order valence-corrected chi connectivity index (χ4v) is 2.64. The first-order chi connectivity index (χ1) is 9.24. The van der Waals surface area contributed by atoms with Crippen molar-refractivity contribution in [1.29, 1.82) is 0 Å². The average Bonchev–Trinajstić information content (AvgIpc) is 2.60. The minimum absolute atomic E-state index is 0.224. The van der Waals surface area contributed by atoms with Crippen LogP contribution < -0.4 is 0 Å². The minimum Gasteiger partial charge on any atom is -0.339 e. The molecule has 1 amide bonds. The Bertz CT molecular complexity index is 450. The minimum atomic E-state index is 0.224. The molecule has 0 spiro atoms. The normalized spacial score (nSPS) is 20.1. The maximum Gasteiger partial charge on any atom is 0.249 e. The van der Waals surface area contributed by atoms with Crippen molar-refractivity contribution in [2.24, 2.45) is 5.92 Å². The first-order valence-corrected chi connectivity index (χ1v) is 7.28. The molecule has 0 aromatic heterocycles. The summed E-state index contributed by atoms with van der Waals surface area (Å²) in [4.78, 5) is 14.5. The van der Waals surface area contributed by atoms with Gasteiger partial charge in [-0.1, -0.05) is 43.3 Å². The summed E-state index contributed by atoms with van der Waals surface area (Å²) in [5.74, 6) is 0.765. The molecule has 0 bridgehead atoms. The zero-order chi connectivity index (χ0) is 13.7. The van der Waals surface area contributed by atoms with Gasteiger partial charge in [0.25, 0.3) is 0 Å². The Morgan fingerprint density at radius 3 is 2.58 bits per heavy atom. The number of benzene rings is 1. The van der Waals surface area contributed by atoms with Gasteiger partial charge in [-0.05, 0) is 31.2 Å². The van der Waals surface area contributed by atoms with Crippen molar-refractivity contribution in [2.45, 2.75) is 33.1 Å². The number of allylic oxidation sites excluding steroid dienone is 1. The highest BCUT2D eigenvalue weighted by atomic mass is 16.2. The zero-order valence-corrected chi connectivity index (χ0v) is 11.9. The Balaban J connectivity index is 2.22. The average molecular weight is 257 g/mol. The maximum absolute atomic E-state index is 12.5. The fraction of sp³-hybridized carbons (Fsp3) is 0.471. The van der Waals surface area contributed by atoms with E-state index in [1.165, 1.54) is 5.56 Å². The van der Waals surface area contributed by atoms with E-state index in [9.17, 15) is 4.79 Å². The highest BCUT2D eigenvalue weighted by molar-refractivity contribution is 5.94. The number of carbonyl (C=O) groups excluding carboxylic acids is 1. The van der Waals surface area contributed by atoms with Crippen molar-refractivity contribution in [3.63, 3.8) is 0 Å². The van der Waals surface area contributed by atoms with E-state index in [0.717, 1.165) is 37.9 Å². The van der Waals surface area contributed by atoms with Crippen LogP contribution in [-0.4, -0.2) is 23.9 Å². The Hall–Kier alpha value is -1.57. The fourth-order valence-electron chi connectivity index (χ4n) is 2.64. The molecule has 1 heterocycles. The second-order valence-electron chi connectivity index (χ2n) is 5.20. The number of likely N-dealkylation sites (N-methyl/N-ethyl adjacent to an activating group) is 1. The predicted molar refractivity (Wildman–Crippen MR) is 78.9 cm³/mol. The van der Waals surface area contributed by atoms with Crippen molar-refractivity contribution in [3.8, 4) is 0 Å². The van der Waals surface area contributed by atoms with Gasteiger partial charge in [0.05, 0.1) is 0 Å². The lowest BCUT2D eigenvalue weighted by molar-refractivity contribution is -0.126. The molecular formula is C17H23NO. The van der Waals surface area contributed by atoms with Gasteiger partial charge < -0.3 is 4.90 Å². The van der Waals surface area contributed by atoms with E-state index in [1.807, 2.05) is 23.1 Å². The maximum atomic E-state index is 12.5. The van der Waals surface area contributed by atoms with Gasteiger partial charge in [-0.3, -0.25) is 4.79 Å². The summed E-state index contributed by atoms with van der Waals surface area (Å²) in [6.45, 7) is 5.96. The molecule has 1 atom stereocenters. The molecule has 0 radical (unpaired) electrons. The molecule has 2 heteroatoms. The van der Waals surface area contributed by atoms with Gasteiger partial charge in [0, 0.05) is 25.1 Å². The molecule has 102 valence electrons. The lowest BCUT2D eigenvalue weighted by Gasteiger charge is -2.20. The summed E-state index contributed by atoms with van der Waals surface area (Å²) < 4.78 is 0. The monoisotopic (exact) mass is 257 g/mol. The number of amides is 1. The summed E-state index contributed by atoms with van der Waals surface area (Å²) in [6.07, 6.45) is 5.18. The third kappa shape index (κ3) is 3.46. The number of hydrogen-bond donors (Lipinski definition) is 0. The van der Waals surface area contributed by atoms with E-state index < -0.39 is 0 Å². The van der Waals surface area contributed by atoms with Crippen LogP contribution in [0.2, 0.25) is 0 Å². The molecule has 0 fully saturated rings. The number of hydrogen-bond acceptors (Lipinski definition) is 1. The summed E-state index contributed by atoms with van der Waals surface area (Å²) >= 11 is 0. The van der Waals surface area contributed by atoms with Crippen LogP contribution in [0.15, 0.2) is 42.0 Å². The van der Waals surface area contributed by atoms with Crippen LogP contribution in [0.1, 0.15) is 32.3 Å². The standard InChI is InChI=1S/C17H23NO/c1-3-14-10-11-18(4-2)17(19)16(12-14)13-15-8-6-5-7-9-15/h5-9,12,14H,3-4,10-11,13H2,1-2H3. The van der Waals surface area contributed by atoms with Crippen LogP contribution in [0, 0.1) is 5.92 Å². The highest BCUT2D eigenvalue weighted by Crippen LogP contribution is 2.22. The highest BCUT2D eigenvalue weighted by Gasteiger charge is 2.22. The molecule has 0 saturated heterocycles. The van der Waals surface area contributed by atoms with Gasteiger partial charge in [0.1, 0.15) is 0 Å². The van der Waals surface area contributed by atoms with E-state index in [4.69, 9.17) is 0 Å². The van der Waals surface area contributed by atoms with E-state index in [-0.39, 0.29) is 5.91 Å². The van der Waals surface area contributed by atoms with Crippen molar-refractivity contribution in [1.82, 2.24) is 4.90 Å². The molecule has 0 aliphatic carbocycles. The second kappa shape index (κ2) is 6.55. The predicted octanol–water partition coefficient (Wildman–Crippen LogP) is 3.43. The van der Waals surface area contributed by atoms with Crippen molar-refractivity contribution in [3.05, 3.63) is 47.5 Å². The van der Waals surface area contributed by atoms with Gasteiger partial charge in [0.15, 0.2) is 0 Å². The van der Waals surface area contributed by atoms with Crippen molar-refractivity contribution in [2.75, 3.05) is 13.1 Å². The summed E-state index contributed by atoms with van der Waals surface area (Å²) in [6, 6.07) is 10.3. The van der Waals surface area contributed by atoms with Gasteiger partial charge >= 0.3 is 0 Å². The summed E-state index contributed by atoms with van der Waals surface area (Å²) in [5, 5.41) is 0. The van der Waals surface area contributed by atoms with Crippen LogP contribution in [-0.2, 0) is 11.2 Å². The lowest BCUT2D eigenvalue weighted by Crippen LogP contribution is -2.32. The Kier molecular flexibility index (Phi) is 4.78. The summed E-state index contributed by atoms with van der Waals surface area (Å²) in [7, 11) is 0. The van der Waals surface area contributed by atoms with Crippen LogP contribution >= 0.6 is 0 Å². The van der Waals surface area contributed by atoms with Crippen LogP contribution in [0.3, 0.4) is 0 Å². The zero-order valence-electron chi connectivity index (χ0n) is 11.9. The third-order valence-corrected chi connectivity index (χ3v) is 3.91. The van der Waals surface area contributed by atoms with Crippen LogP contribution in [0.25, 0.3) is 0 Å². The van der Waals surface area contributed by atoms with Gasteiger partial charge in [-0.2, -0.15) is 0 Å². The smallest absolute Gasteiger partial charge is 0.249 e. The van der Waals surface area contributed by atoms with E-state index in [0.29, 0.717) is 5.92 Å². The lowest BCUT2D eigenvalue weighted by atomic mass is 9.97. The molecule has 2 rings (SSSR count). The Morgan fingerprint density at radius 1 is 1.21 bits per heavy atom. The van der Waals surface area contributed by atoms with E-state index >= 15 is 0 Å². The first kappa shape index (κ1) is 13.9. The Labute approximate surface area is 116 Å². The molecule has 1 aliphatic rings. The number of carbonyl (C=O) groups is 1. The first-order valence-electron chi connectivity index (χ1n) is 7.28. The molecule has 19 heavy (non-hydrogen) atoms. The van der Waals surface area contributed by atoms with Gasteiger partial charge in [-0.15, -0.1) is 0 Å². The molecule has 1 unspecified atom stereocenters. The topological polar surface area (TPSA) is 20.3 Å². The third-order valence-electron chi connectivity index (χ3n) is 3.91. The van der Waals surface area contributed by atoms with Crippen molar-refractivity contribution < 1.29 is 4.79 Å². The molecule has 2 nitrogen and oxygen atoms in total. The summed E-state index contributed by atoms with van der Waals surface area (Å²) in [5.41, 5.74) is 2.19. The van der Waals surface area contributed by atoms with Crippen LogP contribution in [0.5, 0.6) is 0 Å². The van der Waals surface area contributed by atoms with Gasteiger partial charge in [-0.25, -0.2) is 0 Å². The quantitative estimate of drug-likeness (QED) is 0.809. The molecule has 0 saturated carbocycles. The van der Waals surface area contributed by atoms with E-state index in [1.54, 1.807) is 0 Å². The molecular weight excluding hydrogens is 234 g/mol. The molecule has 1 aromatic carbocycles. The number of nitrogens with zero attached hydrogens (tertiary/aromatic N) is 1. The molecule has 1 aliphatic heterocycles. The SMILES string of the molecule is CCC1C=C(Cc2ccccc2)C(=O)N(CC)CC1. The second-order valence-corrected chi connectivity index (χ2v) is 5.20. The van der Waals surface area contributed by atoms with Crippen LogP contribution in [0.4, 0.5) is 0 Å². The number of rotatable bonds is 4. The largest absolute Gasteiger partial charge is 0.339 e. The molecule has 1 aromatic rings. The van der Waals surface area contributed by atoms with Gasteiger partial charge in [0.2, 0.25) is 5.91 Å². The van der Waals surface area contributed by atoms with E-state index in [2.05, 4.69) is 32.1 Å². The van der Waals surface area contributed by atoms with Crippen molar-refractivity contribution >= 4 is 5.91 Å². The Morgan fingerprint density at radius 2 is 1.95 bits per heavy atom. The molecule has 0 N–H and O–H groups in total.